The fraction of sp³-hybridized carbons (Fsp3) is 0.294. The molecule has 1 atom stereocenters. The lowest BCUT2D eigenvalue weighted by atomic mass is 9.99. The summed E-state index contributed by atoms with van der Waals surface area (Å²) in [5.74, 6) is 1.73. The van der Waals surface area contributed by atoms with E-state index in [4.69, 9.17) is 15.2 Å². The Kier molecular flexibility index (Phi) is 5.02. The van der Waals surface area contributed by atoms with Gasteiger partial charge in [-0.25, -0.2) is 0 Å². The molecule has 3 heteroatoms. The van der Waals surface area contributed by atoms with Crippen LogP contribution in [0.2, 0.25) is 0 Å². The molecule has 0 heterocycles. The summed E-state index contributed by atoms with van der Waals surface area (Å²) in [4.78, 5) is 0. The Morgan fingerprint density at radius 1 is 1.05 bits per heavy atom. The highest BCUT2D eigenvalue weighted by Crippen LogP contribution is 2.26. The zero-order valence-corrected chi connectivity index (χ0v) is 12.0. The number of methoxy groups -OCH3 is 1. The fourth-order valence-corrected chi connectivity index (χ4v) is 2.23. The van der Waals surface area contributed by atoms with E-state index in [1.165, 1.54) is 5.56 Å². The van der Waals surface area contributed by atoms with E-state index in [9.17, 15) is 0 Å². The standard InChI is InChI=1S/C17H21NO2/c1-3-20-14-10-8-13(9-11-14)12-16(18)15-6-4-5-7-17(15)19-2/h4-11,16H,3,12,18H2,1-2H3. The Morgan fingerprint density at radius 3 is 2.40 bits per heavy atom. The maximum atomic E-state index is 6.29. The molecule has 0 aliphatic rings. The minimum Gasteiger partial charge on any atom is -0.496 e. The summed E-state index contributed by atoms with van der Waals surface area (Å²) in [5, 5.41) is 0. The van der Waals surface area contributed by atoms with Gasteiger partial charge in [-0.2, -0.15) is 0 Å². The minimum atomic E-state index is -0.0795. The molecule has 0 fully saturated rings. The Hall–Kier alpha value is -2.00. The number of nitrogens with two attached hydrogens (primary N) is 1. The molecule has 2 aromatic carbocycles. The van der Waals surface area contributed by atoms with Crippen molar-refractivity contribution < 1.29 is 9.47 Å². The molecule has 2 N–H and O–H groups in total. The molecule has 0 bridgehead atoms. The van der Waals surface area contributed by atoms with E-state index in [-0.39, 0.29) is 6.04 Å². The van der Waals surface area contributed by atoms with Crippen LogP contribution in [0.3, 0.4) is 0 Å². The second-order valence-electron chi connectivity index (χ2n) is 4.63. The molecule has 0 saturated carbocycles. The molecule has 3 nitrogen and oxygen atoms in total. The molecular weight excluding hydrogens is 250 g/mol. The molecule has 0 radical (unpaired) electrons. The first kappa shape index (κ1) is 14.4. The van der Waals surface area contributed by atoms with Crippen LogP contribution in [0.25, 0.3) is 0 Å². The summed E-state index contributed by atoms with van der Waals surface area (Å²) < 4.78 is 10.8. The average Bonchev–Trinajstić information content (AvgIpc) is 2.49. The summed E-state index contributed by atoms with van der Waals surface area (Å²) >= 11 is 0. The van der Waals surface area contributed by atoms with Crippen molar-refractivity contribution in [3.8, 4) is 11.5 Å². The zero-order chi connectivity index (χ0) is 14.4. The monoisotopic (exact) mass is 271 g/mol. The zero-order valence-electron chi connectivity index (χ0n) is 12.0. The molecule has 2 rings (SSSR count). The highest BCUT2D eigenvalue weighted by Gasteiger charge is 2.11. The highest BCUT2D eigenvalue weighted by molar-refractivity contribution is 5.37. The van der Waals surface area contributed by atoms with Gasteiger partial charge < -0.3 is 15.2 Å². The van der Waals surface area contributed by atoms with Gasteiger partial charge >= 0.3 is 0 Å². The van der Waals surface area contributed by atoms with Crippen LogP contribution in [0.1, 0.15) is 24.1 Å². The first-order valence-corrected chi connectivity index (χ1v) is 6.84. The summed E-state index contributed by atoms with van der Waals surface area (Å²) in [7, 11) is 1.67. The maximum Gasteiger partial charge on any atom is 0.123 e. The lowest BCUT2D eigenvalue weighted by Crippen LogP contribution is -2.14. The predicted molar refractivity (Wildman–Crippen MR) is 81.2 cm³/mol. The van der Waals surface area contributed by atoms with Gasteiger partial charge in [0.2, 0.25) is 0 Å². The lowest BCUT2D eigenvalue weighted by molar-refractivity contribution is 0.340. The Morgan fingerprint density at radius 2 is 1.75 bits per heavy atom. The summed E-state index contributed by atoms with van der Waals surface area (Å²) in [6.07, 6.45) is 0.771. The van der Waals surface area contributed by atoms with E-state index in [0.29, 0.717) is 6.61 Å². The second-order valence-corrected chi connectivity index (χ2v) is 4.63. The van der Waals surface area contributed by atoms with Gasteiger partial charge in [-0.15, -0.1) is 0 Å². The van der Waals surface area contributed by atoms with Gasteiger partial charge in [0.25, 0.3) is 0 Å². The topological polar surface area (TPSA) is 44.5 Å². The van der Waals surface area contributed by atoms with Gasteiger partial charge in [0.05, 0.1) is 13.7 Å². The molecule has 2 aromatic rings. The number of para-hydroxylation sites is 1. The summed E-state index contributed by atoms with van der Waals surface area (Å²) in [6, 6.07) is 15.9. The summed E-state index contributed by atoms with van der Waals surface area (Å²) in [6.45, 7) is 2.66. The van der Waals surface area contributed by atoms with Crippen LogP contribution in [-0.4, -0.2) is 13.7 Å². The van der Waals surface area contributed by atoms with Crippen LogP contribution in [0.5, 0.6) is 11.5 Å². The van der Waals surface area contributed by atoms with Gasteiger partial charge in [-0.1, -0.05) is 30.3 Å². The molecule has 0 aliphatic carbocycles. The average molecular weight is 271 g/mol. The van der Waals surface area contributed by atoms with E-state index in [1.54, 1.807) is 7.11 Å². The largest absolute Gasteiger partial charge is 0.496 e. The third kappa shape index (κ3) is 3.52. The normalized spacial score (nSPS) is 11.9. The van der Waals surface area contributed by atoms with Gasteiger partial charge in [0.15, 0.2) is 0 Å². The van der Waals surface area contributed by atoms with Gasteiger partial charge in [-0.3, -0.25) is 0 Å². The SMILES string of the molecule is CCOc1ccc(CC(N)c2ccccc2OC)cc1. The first-order chi connectivity index (χ1) is 9.74. The van der Waals surface area contributed by atoms with Gasteiger partial charge in [0, 0.05) is 11.6 Å². The van der Waals surface area contributed by atoms with Crippen LogP contribution in [0, 0.1) is 0 Å². The minimum absolute atomic E-state index is 0.0795. The van der Waals surface area contributed by atoms with Crippen molar-refractivity contribution in [1.82, 2.24) is 0 Å². The van der Waals surface area contributed by atoms with E-state index in [0.717, 1.165) is 23.5 Å². The molecule has 0 amide bonds. The number of hydrogen-bond donors (Lipinski definition) is 1. The van der Waals surface area contributed by atoms with Gasteiger partial charge in [0.1, 0.15) is 11.5 Å². The molecule has 0 aromatic heterocycles. The Bertz CT molecular complexity index is 537. The van der Waals surface area contributed by atoms with Crippen LogP contribution in [-0.2, 0) is 6.42 Å². The Labute approximate surface area is 120 Å². The van der Waals surface area contributed by atoms with Crippen molar-refractivity contribution in [2.45, 2.75) is 19.4 Å². The van der Waals surface area contributed by atoms with Crippen molar-refractivity contribution in [3.05, 3.63) is 59.7 Å². The third-order valence-corrected chi connectivity index (χ3v) is 3.23. The van der Waals surface area contributed by atoms with E-state index >= 15 is 0 Å². The van der Waals surface area contributed by atoms with E-state index in [1.807, 2.05) is 43.3 Å². The molecule has 1 unspecified atom stereocenters. The number of hydrogen-bond acceptors (Lipinski definition) is 3. The summed E-state index contributed by atoms with van der Waals surface area (Å²) in [5.41, 5.74) is 8.51. The quantitative estimate of drug-likeness (QED) is 0.876. The lowest BCUT2D eigenvalue weighted by Gasteiger charge is -2.16. The second kappa shape index (κ2) is 6.96. The van der Waals surface area contributed by atoms with Crippen LogP contribution < -0.4 is 15.2 Å². The molecule has 20 heavy (non-hydrogen) atoms. The maximum absolute atomic E-state index is 6.29. The van der Waals surface area contributed by atoms with Crippen molar-refractivity contribution in [2.75, 3.05) is 13.7 Å². The smallest absolute Gasteiger partial charge is 0.123 e. The predicted octanol–water partition coefficient (Wildman–Crippen LogP) is 3.34. The molecule has 106 valence electrons. The first-order valence-electron chi connectivity index (χ1n) is 6.84. The number of benzene rings is 2. The molecule has 0 saturated heterocycles. The van der Waals surface area contributed by atoms with E-state index < -0.39 is 0 Å². The van der Waals surface area contributed by atoms with E-state index in [2.05, 4.69) is 12.1 Å². The van der Waals surface area contributed by atoms with Gasteiger partial charge in [-0.05, 0) is 37.1 Å². The highest BCUT2D eigenvalue weighted by atomic mass is 16.5. The number of ether oxygens (including phenoxy) is 2. The molecule has 0 aliphatic heterocycles. The van der Waals surface area contributed by atoms with Crippen molar-refractivity contribution in [3.63, 3.8) is 0 Å². The number of rotatable bonds is 6. The molecule has 0 spiro atoms. The van der Waals surface area contributed by atoms with Crippen LogP contribution >= 0.6 is 0 Å². The Balaban J connectivity index is 2.08. The van der Waals surface area contributed by atoms with Crippen LogP contribution in [0.15, 0.2) is 48.5 Å². The van der Waals surface area contributed by atoms with Crippen molar-refractivity contribution >= 4 is 0 Å². The third-order valence-electron chi connectivity index (χ3n) is 3.23. The van der Waals surface area contributed by atoms with Crippen LogP contribution in [0.4, 0.5) is 0 Å². The fourth-order valence-electron chi connectivity index (χ4n) is 2.23. The van der Waals surface area contributed by atoms with Crippen molar-refractivity contribution in [2.24, 2.45) is 5.73 Å². The molecular formula is C17H21NO2. The van der Waals surface area contributed by atoms with Crippen molar-refractivity contribution in [1.29, 1.82) is 0 Å².